The Kier molecular flexibility index (Phi) is 7.16. The SMILES string of the molecule is CNC1C(O)C(NC)C2O[C@@]3(O)C(=O)CC(C)OC3OC2C1O.O=S(=O)(O)O. The van der Waals surface area contributed by atoms with E-state index in [4.69, 9.17) is 31.7 Å². The van der Waals surface area contributed by atoms with Crippen molar-refractivity contribution in [3.63, 3.8) is 0 Å². The van der Waals surface area contributed by atoms with Gasteiger partial charge in [0, 0.05) is 6.42 Å². The number of aliphatic hydroxyl groups is 3. The molecule has 1 saturated carbocycles. The van der Waals surface area contributed by atoms with E-state index < -0.39 is 70.9 Å². The quantitative estimate of drug-likeness (QED) is 0.212. The van der Waals surface area contributed by atoms with Gasteiger partial charge in [-0.2, -0.15) is 8.42 Å². The normalized spacial score (nSPS) is 46.1. The van der Waals surface area contributed by atoms with Crippen LogP contribution in [0.25, 0.3) is 0 Å². The van der Waals surface area contributed by atoms with Gasteiger partial charge in [0.1, 0.15) is 18.3 Å². The number of hydrogen-bond donors (Lipinski definition) is 7. The second-order valence-corrected chi connectivity index (χ2v) is 7.74. The molecule has 0 aromatic carbocycles. The number of rotatable bonds is 2. The second-order valence-electron chi connectivity index (χ2n) is 6.84. The first-order chi connectivity index (χ1) is 12.8. The molecule has 1 aliphatic carbocycles. The third kappa shape index (κ3) is 4.68. The van der Waals surface area contributed by atoms with Crippen LogP contribution in [0.5, 0.6) is 0 Å². The molecule has 9 atom stereocenters. The van der Waals surface area contributed by atoms with Crippen molar-refractivity contribution >= 4 is 16.2 Å². The Labute approximate surface area is 161 Å². The van der Waals surface area contributed by atoms with E-state index in [-0.39, 0.29) is 6.42 Å². The van der Waals surface area contributed by atoms with Crippen LogP contribution in [-0.4, -0.2) is 107 Å². The minimum atomic E-state index is -4.67. The van der Waals surface area contributed by atoms with Crippen LogP contribution in [0.15, 0.2) is 0 Å². The zero-order valence-electron chi connectivity index (χ0n) is 15.4. The van der Waals surface area contributed by atoms with Gasteiger partial charge in [-0.05, 0) is 21.0 Å². The summed E-state index contributed by atoms with van der Waals surface area (Å²) >= 11 is 0. The lowest BCUT2D eigenvalue weighted by Gasteiger charge is -2.55. The van der Waals surface area contributed by atoms with Crippen molar-refractivity contribution in [2.24, 2.45) is 0 Å². The topological polar surface area (TPSA) is 204 Å². The third-order valence-corrected chi connectivity index (χ3v) is 4.93. The van der Waals surface area contributed by atoms with Gasteiger partial charge in [0.15, 0.2) is 5.78 Å². The summed E-state index contributed by atoms with van der Waals surface area (Å²) in [6.07, 6.45) is -5.58. The molecular weight excluding hydrogens is 404 g/mol. The summed E-state index contributed by atoms with van der Waals surface area (Å²) in [4.78, 5) is 12.2. The van der Waals surface area contributed by atoms with E-state index in [1.807, 2.05) is 0 Å². The highest BCUT2D eigenvalue weighted by atomic mass is 32.3. The van der Waals surface area contributed by atoms with Crippen molar-refractivity contribution < 1.29 is 51.8 Å². The van der Waals surface area contributed by atoms with Gasteiger partial charge in [-0.1, -0.05) is 0 Å². The number of ketones is 1. The van der Waals surface area contributed by atoms with E-state index in [0.717, 1.165) is 0 Å². The maximum absolute atomic E-state index is 12.2. The van der Waals surface area contributed by atoms with Crippen molar-refractivity contribution in [3.05, 3.63) is 0 Å². The molecule has 0 radical (unpaired) electrons. The van der Waals surface area contributed by atoms with Crippen molar-refractivity contribution in [1.82, 2.24) is 10.6 Å². The summed E-state index contributed by atoms with van der Waals surface area (Å²) < 4.78 is 48.4. The van der Waals surface area contributed by atoms with Crippen LogP contribution in [0, 0.1) is 0 Å². The summed E-state index contributed by atoms with van der Waals surface area (Å²) in [5, 5.41) is 37.2. The Bertz CT molecular complexity index is 668. The van der Waals surface area contributed by atoms with Gasteiger partial charge >= 0.3 is 10.4 Å². The summed E-state index contributed by atoms with van der Waals surface area (Å²) in [5.41, 5.74) is 0. The van der Waals surface area contributed by atoms with Crippen molar-refractivity contribution in [2.45, 2.75) is 68.0 Å². The minimum Gasteiger partial charge on any atom is -0.390 e. The molecular formula is C14H26N2O11S. The summed E-state index contributed by atoms with van der Waals surface area (Å²) in [6.45, 7) is 1.70. The number of carbonyl (C=O) groups excluding carboxylic acids is 1. The predicted octanol–water partition coefficient (Wildman–Crippen LogP) is -3.58. The minimum absolute atomic E-state index is 0.00220. The highest BCUT2D eigenvalue weighted by molar-refractivity contribution is 7.79. The Morgan fingerprint density at radius 3 is 2.07 bits per heavy atom. The van der Waals surface area contributed by atoms with Gasteiger partial charge in [0.2, 0.25) is 6.29 Å². The second kappa shape index (κ2) is 8.53. The molecule has 13 nitrogen and oxygen atoms in total. The first kappa shape index (κ1) is 23.5. The van der Waals surface area contributed by atoms with Crippen LogP contribution in [-0.2, 0) is 29.4 Å². The van der Waals surface area contributed by atoms with E-state index in [1.165, 1.54) is 0 Å². The number of nitrogens with one attached hydrogen (secondary N) is 2. The van der Waals surface area contributed by atoms with Crippen LogP contribution in [0.3, 0.4) is 0 Å². The number of hydrogen-bond acceptors (Lipinski definition) is 11. The third-order valence-electron chi connectivity index (χ3n) is 4.93. The number of ether oxygens (including phenoxy) is 3. The number of likely N-dealkylation sites (N-methyl/N-ethyl adjacent to an activating group) is 2. The molecule has 14 heteroatoms. The average molecular weight is 430 g/mol. The van der Waals surface area contributed by atoms with Crippen molar-refractivity contribution in [1.29, 1.82) is 0 Å². The van der Waals surface area contributed by atoms with Crippen LogP contribution in [0.4, 0.5) is 0 Å². The largest absolute Gasteiger partial charge is 0.394 e. The van der Waals surface area contributed by atoms with Gasteiger partial charge in [-0.15, -0.1) is 0 Å². The molecule has 0 spiro atoms. The summed E-state index contributed by atoms with van der Waals surface area (Å²) in [7, 11) is -1.43. The molecule has 0 aromatic rings. The van der Waals surface area contributed by atoms with E-state index in [9.17, 15) is 20.1 Å². The molecule has 3 fully saturated rings. The number of aliphatic hydroxyl groups excluding tert-OH is 2. The number of fused-ring (bicyclic) bond motifs is 2. The fourth-order valence-electron chi connectivity index (χ4n) is 3.68. The first-order valence-corrected chi connectivity index (χ1v) is 9.88. The van der Waals surface area contributed by atoms with E-state index in [1.54, 1.807) is 21.0 Å². The Hall–Kier alpha value is -0.780. The molecule has 2 aliphatic heterocycles. The molecule has 2 heterocycles. The Balaban J connectivity index is 0.000000500. The smallest absolute Gasteiger partial charge is 0.390 e. The lowest BCUT2D eigenvalue weighted by molar-refractivity contribution is -0.420. The first-order valence-electron chi connectivity index (χ1n) is 8.48. The van der Waals surface area contributed by atoms with Crippen LogP contribution < -0.4 is 10.6 Å². The van der Waals surface area contributed by atoms with Crippen LogP contribution >= 0.6 is 0 Å². The molecule has 0 aromatic heterocycles. The molecule has 8 unspecified atom stereocenters. The lowest BCUT2D eigenvalue weighted by Crippen LogP contribution is -2.77. The summed E-state index contributed by atoms with van der Waals surface area (Å²) in [6, 6.07) is -1.29. The zero-order chi connectivity index (χ0) is 21.4. The molecule has 3 rings (SSSR count). The highest BCUT2D eigenvalue weighted by Crippen LogP contribution is 2.40. The van der Waals surface area contributed by atoms with Crippen LogP contribution in [0.2, 0.25) is 0 Å². The molecule has 28 heavy (non-hydrogen) atoms. The van der Waals surface area contributed by atoms with Crippen molar-refractivity contribution in [3.8, 4) is 0 Å². The molecule has 2 saturated heterocycles. The Morgan fingerprint density at radius 2 is 1.57 bits per heavy atom. The van der Waals surface area contributed by atoms with Gasteiger partial charge in [0.05, 0.1) is 24.3 Å². The van der Waals surface area contributed by atoms with E-state index >= 15 is 0 Å². The standard InChI is InChI=1S/C14H24N2O7.H2O4S/c1-5-4-6(17)14(20)13(21-5)22-12-10(19)7(15-2)9(18)8(16-3)11(12)23-14;1-5(2,3)4/h5,7-13,15-16,18-20H,4H2,1-3H3;(H2,1,2,3,4)/t5?,7?,8?,9?,10?,11?,12?,13?,14-;/m0./s1. The van der Waals surface area contributed by atoms with E-state index in [2.05, 4.69) is 10.6 Å². The fourth-order valence-corrected chi connectivity index (χ4v) is 3.68. The lowest BCUT2D eigenvalue weighted by atomic mass is 9.80. The van der Waals surface area contributed by atoms with Gasteiger partial charge in [-0.3, -0.25) is 13.9 Å². The Morgan fingerprint density at radius 1 is 1.04 bits per heavy atom. The maximum atomic E-state index is 12.2. The highest BCUT2D eigenvalue weighted by Gasteiger charge is 2.63. The fraction of sp³-hybridized carbons (Fsp3) is 0.929. The van der Waals surface area contributed by atoms with Gasteiger partial charge in [-0.25, -0.2) is 0 Å². The average Bonchev–Trinajstić information content (AvgIpc) is 2.55. The molecule has 0 amide bonds. The van der Waals surface area contributed by atoms with Crippen LogP contribution in [0.1, 0.15) is 13.3 Å². The molecule has 164 valence electrons. The number of carbonyl (C=O) groups is 1. The van der Waals surface area contributed by atoms with E-state index in [0.29, 0.717) is 0 Å². The monoisotopic (exact) mass is 430 g/mol. The van der Waals surface area contributed by atoms with Gasteiger partial charge < -0.3 is 40.2 Å². The van der Waals surface area contributed by atoms with Crippen molar-refractivity contribution in [2.75, 3.05) is 14.1 Å². The maximum Gasteiger partial charge on any atom is 0.394 e. The molecule has 0 bridgehead atoms. The molecule has 3 aliphatic rings. The predicted molar refractivity (Wildman–Crippen MR) is 90.5 cm³/mol. The van der Waals surface area contributed by atoms with Gasteiger partial charge in [0.25, 0.3) is 5.79 Å². The molecule has 7 N–H and O–H groups in total. The zero-order valence-corrected chi connectivity index (χ0v) is 16.2. The summed E-state index contributed by atoms with van der Waals surface area (Å²) in [5.74, 6) is -2.76. The number of Topliss-reactive ketones (excluding diaryl/α,β-unsaturated/α-hetero) is 1.